The van der Waals surface area contributed by atoms with E-state index in [1.807, 2.05) is 11.9 Å². The standard InChI is InChI=1S/C14H28N2O/c1-5-11(3)13(15)14(17)16(4)12-8-6-7-10(2)9-12/h10-13H,5-9,15H2,1-4H3. The molecule has 0 aromatic heterocycles. The van der Waals surface area contributed by atoms with E-state index >= 15 is 0 Å². The van der Waals surface area contributed by atoms with Crippen molar-refractivity contribution in [2.24, 2.45) is 17.6 Å². The number of carbonyl (C=O) groups excluding carboxylic acids is 1. The first-order valence-corrected chi connectivity index (χ1v) is 6.99. The third-order valence-electron chi connectivity index (χ3n) is 4.35. The fraction of sp³-hybridized carbons (Fsp3) is 0.929. The Hall–Kier alpha value is -0.570. The second-order valence-electron chi connectivity index (χ2n) is 5.79. The number of hydrogen-bond donors (Lipinski definition) is 1. The molecule has 100 valence electrons. The Morgan fingerprint density at radius 3 is 2.65 bits per heavy atom. The van der Waals surface area contributed by atoms with Crippen LogP contribution in [0, 0.1) is 11.8 Å². The van der Waals surface area contributed by atoms with Crippen LogP contribution < -0.4 is 5.73 Å². The summed E-state index contributed by atoms with van der Waals surface area (Å²) in [5.74, 6) is 1.13. The monoisotopic (exact) mass is 240 g/mol. The first-order valence-electron chi connectivity index (χ1n) is 6.99. The SMILES string of the molecule is CCC(C)C(N)C(=O)N(C)C1CCCC(C)C1. The number of nitrogens with zero attached hydrogens (tertiary/aromatic N) is 1. The Morgan fingerprint density at radius 1 is 1.47 bits per heavy atom. The average molecular weight is 240 g/mol. The minimum absolute atomic E-state index is 0.124. The molecule has 1 aliphatic rings. The molecule has 0 aromatic rings. The predicted octanol–water partition coefficient (Wildman–Crippen LogP) is 2.40. The molecule has 3 heteroatoms. The van der Waals surface area contributed by atoms with Gasteiger partial charge in [0.25, 0.3) is 0 Å². The fourth-order valence-corrected chi connectivity index (χ4v) is 2.67. The summed E-state index contributed by atoms with van der Waals surface area (Å²) in [6.07, 6.45) is 5.77. The number of carbonyl (C=O) groups is 1. The van der Waals surface area contributed by atoms with E-state index in [1.165, 1.54) is 12.8 Å². The quantitative estimate of drug-likeness (QED) is 0.820. The fourth-order valence-electron chi connectivity index (χ4n) is 2.67. The summed E-state index contributed by atoms with van der Waals surface area (Å²) in [5, 5.41) is 0. The molecule has 1 fully saturated rings. The lowest BCUT2D eigenvalue weighted by molar-refractivity contribution is -0.135. The highest BCUT2D eigenvalue weighted by atomic mass is 16.2. The van der Waals surface area contributed by atoms with Crippen LogP contribution in [0.5, 0.6) is 0 Å². The second kappa shape index (κ2) is 6.39. The van der Waals surface area contributed by atoms with Crippen LogP contribution in [0.1, 0.15) is 52.9 Å². The van der Waals surface area contributed by atoms with Crippen molar-refractivity contribution in [1.82, 2.24) is 4.90 Å². The number of hydrogen-bond acceptors (Lipinski definition) is 2. The van der Waals surface area contributed by atoms with Crippen molar-refractivity contribution in [2.75, 3.05) is 7.05 Å². The zero-order valence-electron chi connectivity index (χ0n) is 11.8. The molecule has 1 rings (SSSR count). The van der Waals surface area contributed by atoms with Crippen molar-refractivity contribution in [3.05, 3.63) is 0 Å². The third kappa shape index (κ3) is 3.70. The van der Waals surface area contributed by atoms with Crippen molar-refractivity contribution in [2.45, 2.75) is 65.0 Å². The summed E-state index contributed by atoms with van der Waals surface area (Å²) in [4.78, 5) is 14.2. The molecule has 4 unspecified atom stereocenters. The van der Waals surface area contributed by atoms with Gasteiger partial charge in [0.1, 0.15) is 0 Å². The molecule has 1 saturated carbocycles. The first-order chi connectivity index (χ1) is 7.97. The van der Waals surface area contributed by atoms with Gasteiger partial charge in [0.05, 0.1) is 6.04 Å². The first kappa shape index (κ1) is 14.5. The third-order valence-corrected chi connectivity index (χ3v) is 4.35. The van der Waals surface area contributed by atoms with Gasteiger partial charge in [0, 0.05) is 13.1 Å². The molecule has 0 spiro atoms. The molecule has 0 saturated heterocycles. The van der Waals surface area contributed by atoms with Crippen molar-refractivity contribution in [1.29, 1.82) is 0 Å². The van der Waals surface area contributed by atoms with Crippen molar-refractivity contribution in [3.8, 4) is 0 Å². The van der Waals surface area contributed by atoms with Gasteiger partial charge in [-0.2, -0.15) is 0 Å². The van der Waals surface area contributed by atoms with Gasteiger partial charge in [-0.25, -0.2) is 0 Å². The molecule has 17 heavy (non-hydrogen) atoms. The summed E-state index contributed by atoms with van der Waals surface area (Å²) < 4.78 is 0. The number of rotatable bonds is 4. The minimum Gasteiger partial charge on any atom is -0.341 e. The maximum Gasteiger partial charge on any atom is 0.239 e. The normalized spacial score (nSPS) is 28.5. The van der Waals surface area contributed by atoms with E-state index < -0.39 is 0 Å². The van der Waals surface area contributed by atoms with Crippen LogP contribution in [-0.4, -0.2) is 29.9 Å². The van der Waals surface area contributed by atoms with Gasteiger partial charge in [-0.3, -0.25) is 4.79 Å². The van der Waals surface area contributed by atoms with Gasteiger partial charge >= 0.3 is 0 Å². The van der Waals surface area contributed by atoms with E-state index in [9.17, 15) is 4.79 Å². The maximum atomic E-state index is 12.3. The molecule has 4 atom stereocenters. The highest BCUT2D eigenvalue weighted by Crippen LogP contribution is 2.27. The predicted molar refractivity (Wildman–Crippen MR) is 71.6 cm³/mol. The van der Waals surface area contributed by atoms with Crippen LogP contribution in [-0.2, 0) is 4.79 Å². The number of amides is 1. The van der Waals surface area contributed by atoms with Crippen LogP contribution in [0.25, 0.3) is 0 Å². The van der Waals surface area contributed by atoms with Gasteiger partial charge in [-0.15, -0.1) is 0 Å². The zero-order chi connectivity index (χ0) is 13.0. The summed E-state index contributed by atoms with van der Waals surface area (Å²) >= 11 is 0. The highest BCUT2D eigenvalue weighted by molar-refractivity contribution is 5.82. The Bertz CT molecular complexity index is 255. The molecule has 0 heterocycles. The Labute approximate surface area is 106 Å². The van der Waals surface area contributed by atoms with Crippen molar-refractivity contribution < 1.29 is 4.79 Å². The molecular weight excluding hydrogens is 212 g/mol. The van der Waals surface area contributed by atoms with E-state index in [0.29, 0.717) is 6.04 Å². The summed E-state index contributed by atoms with van der Waals surface area (Å²) in [6, 6.07) is 0.0728. The highest BCUT2D eigenvalue weighted by Gasteiger charge is 2.29. The van der Waals surface area contributed by atoms with Gasteiger partial charge in [0.15, 0.2) is 0 Å². The van der Waals surface area contributed by atoms with Gasteiger partial charge < -0.3 is 10.6 Å². The van der Waals surface area contributed by atoms with E-state index in [4.69, 9.17) is 5.73 Å². The van der Waals surface area contributed by atoms with Crippen molar-refractivity contribution >= 4 is 5.91 Å². The summed E-state index contributed by atoms with van der Waals surface area (Å²) in [7, 11) is 1.92. The molecular formula is C14H28N2O. The van der Waals surface area contributed by atoms with E-state index in [1.54, 1.807) is 0 Å². The maximum absolute atomic E-state index is 12.3. The topological polar surface area (TPSA) is 46.3 Å². The van der Waals surface area contributed by atoms with Crippen LogP contribution in [0.15, 0.2) is 0 Å². The zero-order valence-corrected chi connectivity index (χ0v) is 11.8. The Morgan fingerprint density at radius 2 is 2.12 bits per heavy atom. The van der Waals surface area contributed by atoms with Gasteiger partial charge in [-0.1, -0.05) is 40.0 Å². The molecule has 0 bridgehead atoms. The van der Waals surface area contributed by atoms with Gasteiger partial charge in [-0.05, 0) is 24.7 Å². The Balaban J connectivity index is 2.56. The average Bonchev–Trinajstić information content (AvgIpc) is 2.35. The van der Waals surface area contributed by atoms with Crippen LogP contribution in [0.3, 0.4) is 0 Å². The minimum atomic E-state index is -0.331. The molecule has 0 aromatic carbocycles. The molecule has 0 aliphatic heterocycles. The largest absolute Gasteiger partial charge is 0.341 e. The second-order valence-corrected chi connectivity index (χ2v) is 5.79. The summed E-state index contributed by atoms with van der Waals surface area (Å²) in [6.45, 7) is 6.42. The Kier molecular flexibility index (Phi) is 5.44. The lowest BCUT2D eigenvalue weighted by atomic mass is 9.86. The number of nitrogens with two attached hydrogens (primary N) is 1. The summed E-state index contributed by atoms with van der Waals surface area (Å²) in [5.41, 5.74) is 6.02. The molecule has 2 N–H and O–H groups in total. The molecule has 3 nitrogen and oxygen atoms in total. The van der Waals surface area contributed by atoms with E-state index in [0.717, 1.165) is 25.2 Å². The van der Waals surface area contributed by atoms with Crippen LogP contribution >= 0.6 is 0 Å². The molecule has 1 aliphatic carbocycles. The van der Waals surface area contributed by atoms with E-state index in [2.05, 4.69) is 20.8 Å². The van der Waals surface area contributed by atoms with Gasteiger partial charge in [0.2, 0.25) is 5.91 Å². The molecule has 0 radical (unpaired) electrons. The smallest absolute Gasteiger partial charge is 0.239 e. The van der Waals surface area contributed by atoms with Crippen LogP contribution in [0.4, 0.5) is 0 Å². The van der Waals surface area contributed by atoms with Crippen LogP contribution in [0.2, 0.25) is 0 Å². The number of likely N-dealkylation sites (N-methyl/N-ethyl adjacent to an activating group) is 1. The molecule has 1 amide bonds. The lowest BCUT2D eigenvalue weighted by Gasteiger charge is -2.36. The van der Waals surface area contributed by atoms with E-state index in [-0.39, 0.29) is 17.9 Å². The van der Waals surface area contributed by atoms with Crippen molar-refractivity contribution in [3.63, 3.8) is 0 Å². The lowest BCUT2D eigenvalue weighted by Crippen LogP contribution is -2.50.